The molecule has 0 amide bonds. The van der Waals surface area contributed by atoms with Crippen LogP contribution in [0.15, 0.2) is 29.3 Å². The van der Waals surface area contributed by atoms with Gasteiger partial charge in [0.2, 0.25) is 0 Å². The van der Waals surface area contributed by atoms with Crippen LogP contribution in [0, 0.1) is 6.92 Å². The first-order valence-electron chi connectivity index (χ1n) is 8.15. The second-order valence-electron chi connectivity index (χ2n) is 6.23. The Morgan fingerprint density at radius 1 is 1.36 bits per heavy atom. The Labute approximate surface area is 170 Å². The van der Waals surface area contributed by atoms with E-state index in [0.29, 0.717) is 19.1 Å². The zero-order chi connectivity index (χ0) is 17.1. The van der Waals surface area contributed by atoms with E-state index >= 15 is 0 Å². The van der Waals surface area contributed by atoms with E-state index in [4.69, 9.17) is 16.6 Å². The Morgan fingerprint density at radius 2 is 2.08 bits per heavy atom. The van der Waals surface area contributed by atoms with Gasteiger partial charge in [-0.2, -0.15) is 0 Å². The number of aryl methyl sites for hydroxylation is 1. The average Bonchev–Trinajstić information content (AvgIpc) is 3.33. The van der Waals surface area contributed by atoms with Crippen molar-refractivity contribution >= 4 is 41.5 Å². The summed E-state index contributed by atoms with van der Waals surface area (Å²) in [7, 11) is 3.99. The van der Waals surface area contributed by atoms with Gasteiger partial charge in [-0.3, -0.25) is 0 Å². The van der Waals surface area contributed by atoms with E-state index < -0.39 is 0 Å². The van der Waals surface area contributed by atoms with Crippen molar-refractivity contribution in [2.24, 2.45) is 12.0 Å². The number of rotatable bonds is 5. The van der Waals surface area contributed by atoms with Crippen LogP contribution in [0.4, 0.5) is 0 Å². The van der Waals surface area contributed by atoms with Gasteiger partial charge in [0.1, 0.15) is 12.4 Å². The minimum absolute atomic E-state index is 0. The molecule has 1 aromatic heterocycles. The van der Waals surface area contributed by atoms with Crippen molar-refractivity contribution in [2.75, 3.05) is 7.05 Å². The highest BCUT2D eigenvalue weighted by Gasteiger charge is 2.24. The number of hydrogen-bond donors (Lipinski definition) is 1. The molecular weight excluding hydrogens is 451 g/mol. The molecule has 1 aliphatic carbocycles. The Balaban J connectivity index is 0.00000225. The first kappa shape index (κ1) is 20.0. The summed E-state index contributed by atoms with van der Waals surface area (Å²) in [5, 5.41) is 12.5. The van der Waals surface area contributed by atoms with Crippen LogP contribution < -0.4 is 5.32 Å². The quantitative estimate of drug-likeness (QED) is 0.411. The lowest BCUT2D eigenvalue weighted by molar-refractivity contribution is 0.473. The van der Waals surface area contributed by atoms with Gasteiger partial charge in [0.25, 0.3) is 0 Å². The monoisotopic (exact) mass is 474 g/mol. The van der Waals surface area contributed by atoms with Crippen molar-refractivity contribution in [3.05, 3.63) is 46.5 Å². The Morgan fingerprint density at radius 3 is 2.68 bits per heavy atom. The highest BCUT2D eigenvalue weighted by Crippen LogP contribution is 2.20. The molecule has 25 heavy (non-hydrogen) atoms. The lowest BCUT2D eigenvalue weighted by atomic mass is 10.2. The van der Waals surface area contributed by atoms with Gasteiger partial charge in [0.05, 0.1) is 0 Å². The smallest absolute Gasteiger partial charge is 0.194 e. The van der Waals surface area contributed by atoms with Crippen molar-refractivity contribution in [3.63, 3.8) is 0 Å². The summed E-state index contributed by atoms with van der Waals surface area (Å²) in [5.74, 6) is 2.62. The number of hydrogen-bond acceptors (Lipinski definition) is 3. The highest BCUT2D eigenvalue weighted by atomic mass is 127. The first-order chi connectivity index (χ1) is 11.5. The summed E-state index contributed by atoms with van der Waals surface area (Å²) >= 11 is 6.28. The fourth-order valence-corrected chi connectivity index (χ4v) is 2.57. The average molecular weight is 475 g/mol. The summed E-state index contributed by atoms with van der Waals surface area (Å²) < 4.78 is 1.96. The van der Waals surface area contributed by atoms with Crippen LogP contribution in [0.3, 0.4) is 0 Å². The molecule has 1 fully saturated rings. The van der Waals surface area contributed by atoms with Gasteiger partial charge in [-0.05, 0) is 31.4 Å². The minimum atomic E-state index is 0. The number of nitrogens with zero attached hydrogens (tertiary/aromatic N) is 5. The first-order valence-corrected chi connectivity index (χ1v) is 8.53. The van der Waals surface area contributed by atoms with Crippen LogP contribution in [-0.2, 0) is 20.1 Å². The third kappa shape index (κ3) is 5.31. The van der Waals surface area contributed by atoms with Crippen LogP contribution in [0.5, 0.6) is 0 Å². The molecule has 1 aliphatic rings. The van der Waals surface area contributed by atoms with Gasteiger partial charge in [-0.1, -0.05) is 29.8 Å². The predicted octanol–water partition coefficient (Wildman–Crippen LogP) is 3.13. The number of aliphatic imine (C=N–C) groups is 1. The minimum Gasteiger partial charge on any atom is -0.353 e. The van der Waals surface area contributed by atoms with E-state index in [-0.39, 0.29) is 24.0 Å². The van der Waals surface area contributed by atoms with Crippen LogP contribution in [0.1, 0.15) is 30.1 Å². The molecular formula is C17H24ClIN6. The maximum Gasteiger partial charge on any atom is 0.194 e. The molecule has 1 saturated carbocycles. The molecule has 1 N–H and O–H groups in total. The van der Waals surface area contributed by atoms with Gasteiger partial charge in [-0.15, -0.1) is 34.2 Å². The van der Waals surface area contributed by atoms with Crippen molar-refractivity contribution < 1.29 is 0 Å². The van der Waals surface area contributed by atoms with E-state index in [1.165, 1.54) is 12.8 Å². The van der Waals surface area contributed by atoms with Crippen molar-refractivity contribution in [1.82, 2.24) is 25.0 Å². The third-order valence-electron chi connectivity index (χ3n) is 4.19. The van der Waals surface area contributed by atoms with Gasteiger partial charge in [0.15, 0.2) is 11.8 Å². The molecule has 6 nitrogen and oxygen atoms in total. The Kier molecular flexibility index (Phi) is 7.06. The van der Waals surface area contributed by atoms with Gasteiger partial charge in [0, 0.05) is 31.7 Å². The zero-order valence-corrected chi connectivity index (χ0v) is 17.8. The highest BCUT2D eigenvalue weighted by molar-refractivity contribution is 14.0. The van der Waals surface area contributed by atoms with E-state index in [0.717, 1.165) is 28.2 Å². The molecule has 1 aromatic carbocycles. The molecule has 8 heteroatoms. The van der Waals surface area contributed by atoms with Crippen molar-refractivity contribution in [2.45, 2.75) is 38.9 Å². The van der Waals surface area contributed by atoms with Crippen LogP contribution in [0.2, 0.25) is 5.02 Å². The number of nitrogens with one attached hydrogen (secondary N) is 1. The summed E-state index contributed by atoms with van der Waals surface area (Å²) in [6, 6.07) is 8.43. The van der Waals surface area contributed by atoms with Gasteiger partial charge in [-0.25, -0.2) is 4.99 Å². The van der Waals surface area contributed by atoms with E-state index in [2.05, 4.69) is 20.4 Å². The third-order valence-corrected chi connectivity index (χ3v) is 4.56. The summed E-state index contributed by atoms with van der Waals surface area (Å²) in [6.45, 7) is 3.14. The summed E-state index contributed by atoms with van der Waals surface area (Å²) in [6.07, 6.45) is 2.39. The number of aromatic nitrogens is 3. The van der Waals surface area contributed by atoms with Crippen LogP contribution in [-0.4, -0.2) is 38.7 Å². The number of guanidine groups is 1. The lowest BCUT2D eigenvalue weighted by Crippen LogP contribution is -2.39. The van der Waals surface area contributed by atoms with E-state index in [1.807, 2.05) is 49.9 Å². The molecule has 0 bridgehead atoms. The summed E-state index contributed by atoms with van der Waals surface area (Å²) in [4.78, 5) is 6.84. The summed E-state index contributed by atoms with van der Waals surface area (Å²) in [5.41, 5.74) is 1.08. The van der Waals surface area contributed by atoms with Gasteiger partial charge >= 0.3 is 0 Å². The fourth-order valence-electron chi connectivity index (χ4n) is 2.38. The second-order valence-corrected chi connectivity index (χ2v) is 6.64. The maximum atomic E-state index is 6.28. The van der Waals surface area contributed by atoms with Crippen molar-refractivity contribution in [1.29, 1.82) is 0 Å². The second kappa shape index (κ2) is 8.84. The Bertz CT molecular complexity index is 740. The van der Waals surface area contributed by atoms with Crippen LogP contribution in [0.25, 0.3) is 0 Å². The molecule has 0 unspecified atom stereocenters. The molecule has 0 radical (unpaired) electrons. The molecule has 0 spiro atoms. The number of halogens is 2. The SMILES string of the molecule is Cc1nnc(CN=C(NC2CC2)N(C)Cc2ccccc2Cl)n1C.I. The van der Waals surface area contributed by atoms with E-state index in [1.54, 1.807) is 0 Å². The topological polar surface area (TPSA) is 58.3 Å². The molecule has 3 rings (SSSR count). The van der Waals surface area contributed by atoms with Gasteiger partial charge < -0.3 is 14.8 Å². The van der Waals surface area contributed by atoms with Crippen LogP contribution >= 0.6 is 35.6 Å². The predicted molar refractivity (Wildman–Crippen MR) is 111 cm³/mol. The molecule has 136 valence electrons. The number of benzene rings is 1. The maximum absolute atomic E-state index is 6.28. The molecule has 0 aliphatic heterocycles. The Hall–Kier alpha value is -1.35. The molecule has 1 heterocycles. The molecule has 2 aromatic rings. The van der Waals surface area contributed by atoms with E-state index in [9.17, 15) is 0 Å². The standard InChI is InChI=1S/C17H23ClN6.HI/c1-12-21-22-16(24(12)3)10-19-17(20-14-8-9-14)23(2)11-13-6-4-5-7-15(13)18;/h4-7,14H,8-11H2,1-3H3,(H,19,20);1H. The molecule has 0 saturated heterocycles. The zero-order valence-electron chi connectivity index (χ0n) is 14.7. The van der Waals surface area contributed by atoms with Crippen molar-refractivity contribution in [3.8, 4) is 0 Å². The normalized spacial score (nSPS) is 14.2. The fraction of sp³-hybridized carbons (Fsp3) is 0.471. The lowest BCUT2D eigenvalue weighted by Gasteiger charge is -2.23. The molecule has 0 atom stereocenters. The largest absolute Gasteiger partial charge is 0.353 e.